The van der Waals surface area contributed by atoms with Gasteiger partial charge in [-0.05, 0) is 60.9 Å². The molecule has 6 nitrogen and oxygen atoms in total. The fraction of sp³-hybridized carbons (Fsp3) is 0.289. The van der Waals surface area contributed by atoms with E-state index in [1.54, 1.807) is 0 Å². The topological polar surface area (TPSA) is 48.8 Å². The van der Waals surface area contributed by atoms with Crippen molar-refractivity contribution in [2.75, 3.05) is 13.4 Å². The smallest absolute Gasteiger partial charge is 0.416 e. The highest BCUT2D eigenvalue weighted by atomic mass is 19.4. The predicted molar refractivity (Wildman–Crippen MR) is 176 cm³/mol. The molecule has 6 rings (SSSR count). The Hall–Kier alpha value is -4.76. The Morgan fingerprint density at radius 1 is 0.787 bits per heavy atom. The lowest BCUT2D eigenvalue weighted by Gasteiger charge is -2.25. The van der Waals surface area contributed by atoms with Gasteiger partial charge < -0.3 is 18.8 Å². The minimum Gasteiger partial charge on any atom is -0.494 e. The Morgan fingerprint density at radius 2 is 1.53 bits per heavy atom. The third-order valence-corrected chi connectivity index (χ3v) is 8.16. The highest BCUT2D eigenvalue weighted by Crippen LogP contribution is 2.36. The molecular weight excluding hydrogens is 603 g/mol. The number of ether oxygens (including phenoxy) is 3. The standard InChI is InChI=1S/C38H38F3N3O3/c1-3-5-20-44-33(36(42-37(44)30-11-7-6-8-12-30)29-15-17-31(18-16-29)38(39,40)41)25-43(23-27-10-9-13-32(21-27)45-4-2)24-28-14-19-34-35(22-28)47-26-46-34/h6-19,21-22H,3-5,20,23-26H2,1-2H3. The van der Waals surface area contributed by atoms with E-state index in [2.05, 4.69) is 28.5 Å². The number of nitrogens with zero attached hydrogens (tertiary/aromatic N) is 3. The van der Waals surface area contributed by atoms with Gasteiger partial charge in [0.15, 0.2) is 11.5 Å². The van der Waals surface area contributed by atoms with Crippen LogP contribution in [0.1, 0.15) is 49.1 Å². The van der Waals surface area contributed by atoms with Crippen LogP contribution in [0.5, 0.6) is 17.2 Å². The van der Waals surface area contributed by atoms with Gasteiger partial charge >= 0.3 is 6.18 Å². The molecule has 0 radical (unpaired) electrons. The van der Waals surface area contributed by atoms with Gasteiger partial charge in [-0.25, -0.2) is 4.98 Å². The summed E-state index contributed by atoms with van der Waals surface area (Å²) in [6.07, 6.45) is -2.52. The number of unbranched alkanes of at least 4 members (excludes halogenated alkanes) is 1. The van der Waals surface area contributed by atoms with Gasteiger partial charge in [0.2, 0.25) is 6.79 Å². The maximum atomic E-state index is 13.5. The van der Waals surface area contributed by atoms with Crippen molar-refractivity contribution >= 4 is 0 Å². The maximum Gasteiger partial charge on any atom is 0.416 e. The van der Waals surface area contributed by atoms with Crippen molar-refractivity contribution in [3.63, 3.8) is 0 Å². The molecule has 5 aromatic rings. The molecular formula is C38H38F3N3O3. The molecule has 244 valence electrons. The summed E-state index contributed by atoms with van der Waals surface area (Å²) in [5.74, 6) is 3.04. The van der Waals surface area contributed by atoms with E-state index in [1.165, 1.54) is 12.1 Å². The first-order chi connectivity index (χ1) is 22.8. The van der Waals surface area contributed by atoms with E-state index in [1.807, 2.05) is 67.6 Å². The van der Waals surface area contributed by atoms with Gasteiger partial charge in [0.05, 0.1) is 23.6 Å². The molecule has 0 saturated carbocycles. The van der Waals surface area contributed by atoms with Gasteiger partial charge in [-0.2, -0.15) is 13.2 Å². The van der Waals surface area contributed by atoms with Gasteiger partial charge in [0.25, 0.3) is 0 Å². The van der Waals surface area contributed by atoms with Crippen LogP contribution < -0.4 is 14.2 Å². The number of benzene rings is 4. The van der Waals surface area contributed by atoms with E-state index in [0.717, 1.165) is 71.2 Å². The second kappa shape index (κ2) is 14.3. The number of rotatable bonds is 13. The summed E-state index contributed by atoms with van der Waals surface area (Å²) in [4.78, 5) is 7.47. The highest BCUT2D eigenvalue weighted by Gasteiger charge is 2.30. The van der Waals surface area contributed by atoms with Crippen molar-refractivity contribution in [1.29, 1.82) is 0 Å². The second-order valence-corrected chi connectivity index (χ2v) is 11.6. The van der Waals surface area contributed by atoms with Crippen molar-refractivity contribution in [3.8, 4) is 39.9 Å². The van der Waals surface area contributed by atoms with Crippen molar-refractivity contribution < 1.29 is 27.4 Å². The molecule has 0 atom stereocenters. The average molecular weight is 642 g/mol. The molecule has 47 heavy (non-hydrogen) atoms. The molecule has 0 bridgehead atoms. The van der Waals surface area contributed by atoms with E-state index < -0.39 is 11.7 Å². The predicted octanol–water partition coefficient (Wildman–Crippen LogP) is 9.37. The largest absolute Gasteiger partial charge is 0.494 e. The van der Waals surface area contributed by atoms with Crippen LogP contribution in [-0.2, 0) is 32.4 Å². The van der Waals surface area contributed by atoms with Crippen LogP contribution in [0.15, 0.2) is 97.1 Å². The second-order valence-electron chi connectivity index (χ2n) is 11.6. The first-order valence-electron chi connectivity index (χ1n) is 16.0. The minimum absolute atomic E-state index is 0.197. The van der Waals surface area contributed by atoms with Crippen LogP contribution >= 0.6 is 0 Å². The highest BCUT2D eigenvalue weighted by molar-refractivity contribution is 5.68. The lowest BCUT2D eigenvalue weighted by Crippen LogP contribution is -2.24. The Kier molecular flexibility index (Phi) is 9.82. The zero-order valence-corrected chi connectivity index (χ0v) is 26.6. The average Bonchev–Trinajstić information content (AvgIpc) is 3.68. The molecule has 1 aliphatic rings. The molecule has 9 heteroatoms. The Labute approximate surface area is 273 Å². The number of imidazole rings is 1. The first kappa shape index (κ1) is 32.2. The third kappa shape index (κ3) is 7.63. The molecule has 0 aliphatic carbocycles. The summed E-state index contributed by atoms with van der Waals surface area (Å²) >= 11 is 0. The molecule has 1 aliphatic heterocycles. The summed E-state index contributed by atoms with van der Waals surface area (Å²) in [7, 11) is 0. The number of fused-ring (bicyclic) bond motifs is 1. The molecule has 0 amide bonds. The SMILES string of the molecule is CCCCn1c(-c2ccccc2)nc(-c2ccc(C(F)(F)F)cc2)c1CN(Cc1cccc(OCC)c1)Cc1ccc2c(c1)OCO2. The van der Waals surface area contributed by atoms with E-state index in [0.29, 0.717) is 43.2 Å². The lowest BCUT2D eigenvalue weighted by atomic mass is 10.1. The Balaban J connectivity index is 1.45. The minimum atomic E-state index is -4.42. The van der Waals surface area contributed by atoms with E-state index in [4.69, 9.17) is 19.2 Å². The number of aromatic nitrogens is 2. The fourth-order valence-corrected chi connectivity index (χ4v) is 5.90. The molecule has 4 aromatic carbocycles. The summed E-state index contributed by atoms with van der Waals surface area (Å²) in [6, 6.07) is 29.3. The summed E-state index contributed by atoms with van der Waals surface area (Å²) in [6.45, 7) is 7.27. The maximum absolute atomic E-state index is 13.5. The van der Waals surface area contributed by atoms with Gasteiger partial charge in [-0.3, -0.25) is 4.90 Å². The van der Waals surface area contributed by atoms with E-state index in [9.17, 15) is 13.2 Å². The summed E-state index contributed by atoms with van der Waals surface area (Å²) < 4.78 is 59.8. The molecule has 0 saturated heterocycles. The number of hydrogen-bond acceptors (Lipinski definition) is 5. The Morgan fingerprint density at radius 3 is 2.26 bits per heavy atom. The zero-order chi connectivity index (χ0) is 32.8. The first-order valence-corrected chi connectivity index (χ1v) is 16.0. The van der Waals surface area contributed by atoms with Crippen LogP contribution in [-0.4, -0.2) is 27.9 Å². The molecule has 2 heterocycles. The van der Waals surface area contributed by atoms with Gasteiger partial charge in [-0.15, -0.1) is 0 Å². The van der Waals surface area contributed by atoms with Gasteiger partial charge in [-0.1, -0.05) is 74.0 Å². The number of hydrogen-bond donors (Lipinski definition) is 0. The fourth-order valence-electron chi connectivity index (χ4n) is 5.90. The summed E-state index contributed by atoms with van der Waals surface area (Å²) in [5.41, 5.74) is 4.66. The van der Waals surface area contributed by atoms with Crippen LogP contribution in [0, 0.1) is 0 Å². The van der Waals surface area contributed by atoms with Crippen LogP contribution in [0.3, 0.4) is 0 Å². The van der Waals surface area contributed by atoms with Crippen molar-refractivity contribution in [3.05, 3.63) is 119 Å². The Bertz CT molecular complexity index is 1790. The molecule has 0 unspecified atom stereocenters. The van der Waals surface area contributed by atoms with Gasteiger partial charge in [0.1, 0.15) is 11.6 Å². The molecule has 0 N–H and O–H groups in total. The molecule has 1 aromatic heterocycles. The lowest BCUT2D eigenvalue weighted by molar-refractivity contribution is -0.137. The van der Waals surface area contributed by atoms with Crippen molar-refractivity contribution in [1.82, 2.24) is 14.5 Å². The van der Waals surface area contributed by atoms with Gasteiger partial charge in [0, 0.05) is 37.3 Å². The van der Waals surface area contributed by atoms with E-state index >= 15 is 0 Å². The quantitative estimate of drug-likeness (QED) is 0.128. The molecule has 0 fully saturated rings. The van der Waals surface area contributed by atoms with Crippen LogP contribution in [0.4, 0.5) is 13.2 Å². The molecule has 0 spiro atoms. The zero-order valence-electron chi connectivity index (χ0n) is 26.6. The monoisotopic (exact) mass is 641 g/mol. The summed E-state index contributed by atoms with van der Waals surface area (Å²) in [5, 5.41) is 0. The van der Waals surface area contributed by atoms with Crippen LogP contribution in [0.2, 0.25) is 0 Å². The van der Waals surface area contributed by atoms with E-state index in [-0.39, 0.29) is 6.79 Å². The third-order valence-electron chi connectivity index (χ3n) is 8.16. The number of alkyl halides is 3. The van der Waals surface area contributed by atoms with Crippen molar-refractivity contribution in [2.24, 2.45) is 0 Å². The van der Waals surface area contributed by atoms with Crippen molar-refractivity contribution in [2.45, 2.75) is 59.0 Å². The van der Waals surface area contributed by atoms with Crippen LogP contribution in [0.25, 0.3) is 22.6 Å². The number of halogens is 3. The normalized spacial score (nSPS) is 12.6.